The molecule has 1 aromatic carbocycles. The molecule has 2 amide bonds. The fraction of sp³-hybridized carbons (Fsp3) is 0.267. The minimum atomic E-state index is -0.613. The predicted octanol–water partition coefficient (Wildman–Crippen LogP) is 2.78. The molecule has 0 saturated heterocycles. The molecule has 1 aliphatic heterocycles. The summed E-state index contributed by atoms with van der Waals surface area (Å²) >= 11 is 0. The molecule has 2 aliphatic rings. The highest BCUT2D eigenvalue weighted by Gasteiger charge is 2.37. The number of amides is 2. The number of hydroxylamine groups is 2. The molecular weight excluding hydrogens is 277 g/mol. The van der Waals surface area contributed by atoms with Crippen LogP contribution in [-0.2, 0) is 9.63 Å². The molecule has 0 atom stereocenters. The van der Waals surface area contributed by atoms with Crippen LogP contribution in [-0.4, -0.2) is 23.3 Å². The predicted molar refractivity (Wildman–Crippen MR) is 71.8 cm³/mol. The standard InChI is InChI=1S/C9H5NO4.C6H9F/c11-5-14-10-8(12)6-3-1-2-4-7(6)9(10)13;7-6-4-2-1-3-5-6/h1-5H;4H,1-3,5H2. The first-order valence-electron chi connectivity index (χ1n) is 6.58. The van der Waals surface area contributed by atoms with Crippen LogP contribution >= 0.6 is 0 Å². The molecule has 1 aliphatic carbocycles. The molecule has 0 spiro atoms. The monoisotopic (exact) mass is 291 g/mol. The zero-order chi connectivity index (χ0) is 15.2. The van der Waals surface area contributed by atoms with Crippen LogP contribution in [0.2, 0.25) is 0 Å². The molecule has 5 nitrogen and oxygen atoms in total. The number of carbonyl (C=O) groups is 3. The van der Waals surface area contributed by atoms with Gasteiger partial charge in [0.2, 0.25) is 0 Å². The molecule has 0 bridgehead atoms. The SMILES string of the molecule is FC1=CCCCC1.O=CON1C(=O)c2ccccc2C1=O. The van der Waals surface area contributed by atoms with Crippen molar-refractivity contribution >= 4 is 18.3 Å². The highest BCUT2D eigenvalue weighted by molar-refractivity contribution is 6.20. The van der Waals surface area contributed by atoms with Crippen molar-refractivity contribution in [2.45, 2.75) is 25.7 Å². The van der Waals surface area contributed by atoms with E-state index in [1.54, 1.807) is 18.2 Å². The van der Waals surface area contributed by atoms with Gasteiger partial charge in [0.15, 0.2) is 0 Å². The van der Waals surface area contributed by atoms with E-state index < -0.39 is 11.8 Å². The van der Waals surface area contributed by atoms with E-state index in [2.05, 4.69) is 4.84 Å². The van der Waals surface area contributed by atoms with Gasteiger partial charge in [0.05, 0.1) is 17.0 Å². The Labute approximate surface area is 120 Å². The Kier molecular flexibility index (Phi) is 4.81. The Hall–Kier alpha value is -2.50. The lowest BCUT2D eigenvalue weighted by Crippen LogP contribution is -2.29. The maximum absolute atomic E-state index is 12.0. The molecule has 1 heterocycles. The largest absolute Gasteiger partial charge is 0.333 e. The number of fused-ring (bicyclic) bond motifs is 1. The number of allylic oxidation sites excluding steroid dienone is 2. The third-order valence-corrected chi connectivity index (χ3v) is 3.14. The van der Waals surface area contributed by atoms with Crippen LogP contribution in [0.15, 0.2) is 36.2 Å². The Morgan fingerprint density at radius 1 is 1.10 bits per heavy atom. The van der Waals surface area contributed by atoms with Gasteiger partial charge in [-0.05, 0) is 37.8 Å². The summed E-state index contributed by atoms with van der Waals surface area (Å²) in [5.41, 5.74) is 0.499. The van der Waals surface area contributed by atoms with Crippen LogP contribution in [0.3, 0.4) is 0 Å². The van der Waals surface area contributed by atoms with E-state index >= 15 is 0 Å². The average molecular weight is 291 g/mol. The van der Waals surface area contributed by atoms with Gasteiger partial charge in [-0.1, -0.05) is 23.3 Å². The van der Waals surface area contributed by atoms with Crippen molar-refractivity contribution in [1.29, 1.82) is 0 Å². The Bertz CT molecular complexity index is 562. The summed E-state index contributed by atoms with van der Waals surface area (Å²) in [5.74, 6) is -1.14. The number of rotatable bonds is 2. The molecule has 0 N–H and O–H groups in total. The maximum Gasteiger partial charge on any atom is 0.321 e. The molecule has 6 heteroatoms. The number of nitrogens with zero attached hydrogens (tertiary/aromatic N) is 1. The molecule has 0 radical (unpaired) electrons. The van der Waals surface area contributed by atoms with Gasteiger partial charge in [-0.15, -0.1) is 0 Å². The fourth-order valence-corrected chi connectivity index (χ4v) is 2.10. The lowest BCUT2D eigenvalue weighted by Gasteiger charge is -2.07. The van der Waals surface area contributed by atoms with Crippen molar-refractivity contribution in [3.63, 3.8) is 0 Å². The number of hydrogen-bond donors (Lipinski definition) is 0. The van der Waals surface area contributed by atoms with Crippen LogP contribution in [0.4, 0.5) is 4.39 Å². The second kappa shape index (κ2) is 6.78. The van der Waals surface area contributed by atoms with Gasteiger partial charge in [-0.3, -0.25) is 14.4 Å². The van der Waals surface area contributed by atoms with E-state index in [4.69, 9.17) is 0 Å². The van der Waals surface area contributed by atoms with Crippen LogP contribution < -0.4 is 0 Å². The number of hydrogen-bond acceptors (Lipinski definition) is 4. The number of benzene rings is 1. The molecule has 0 fully saturated rings. The van der Waals surface area contributed by atoms with Gasteiger partial charge < -0.3 is 4.84 Å². The maximum atomic E-state index is 12.0. The fourth-order valence-electron chi connectivity index (χ4n) is 2.10. The Morgan fingerprint density at radius 3 is 2.10 bits per heavy atom. The van der Waals surface area contributed by atoms with Crippen molar-refractivity contribution in [2.75, 3.05) is 0 Å². The molecular formula is C15H14FNO4. The van der Waals surface area contributed by atoms with Gasteiger partial charge >= 0.3 is 6.47 Å². The first kappa shape index (κ1) is 14.9. The quantitative estimate of drug-likeness (QED) is 0.621. The molecule has 3 rings (SSSR count). The first-order chi connectivity index (χ1) is 10.1. The van der Waals surface area contributed by atoms with Gasteiger partial charge in [0.1, 0.15) is 0 Å². The van der Waals surface area contributed by atoms with Gasteiger partial charge in [-0.25, -0.2) is 4.39 Å². The lowest BCUT2D eigenvalue weighted by molar-refractivity contribution is -0.151. The van der Waals surface area contributed by atoms with Crippen LogP contribution in [0.25, 0.3) is 0 Å². The van der Waals surface area contributed by atoms with Gasteiger partial charge in [-0.2, -0.15) is 0 Å². The normalized spacial score (nSPS) is 16.6. The summed E-state index contributed by atoms with van der Waals surface area (Å²) in [6.45, 7) is 0.0433. The molecule has 1 aromatic rings. The number of carbonyl (C=O) groups excluding carboxylic acids is 3. The van der Waals surface area contributed by atoms with Crippen molar-refractivity contribution in [3.05, 3.63) is 47.3 Å². The van der Waals surface area contributed by atoms with Crippen molar-refractivity contribution in [1.82, 2.24) is 5.06 Å². The highest BCUT2D eigenvalue weighted by Crippen LogP contribution is 2.21. The highest BCUT2D eigenvalue weighted by atomic mass is 19.1. The van der Waals surface area contributed by atoms with Crippen LogP contribution in [0, 0.1) is 0 Å². The van der Waals surface area contributed by atoms with E-state index in [0.717, 1.165) is 12.8 Å². The Morgan fingerprint density at radius 2 is 1.71 bits per heavy atom. The van der Waals surface area contributed by atoms with Crippen LogP contribution in [0.1, 0.15) is 46.4 Å². The van der Waals surface area contributed by atoms with Gasteiger partial charge in [0, 0.05) is 0 Å². The molecule has 110 valence electrons. The molecule has 21 heavy (non-hydrogen) atoms. The zero-order valence-electron chi connectivity index (χ0n) is 11.3. The summed E-state index contributed by atoms with van der Waals surface area (Å²) in [5, 5.41) is 0.442. The van der Waals surface area contributed by atoms with E-state index in [9.17, 15) is 18.8 Å². The zero-order valence-corrected chi connectivity index (χ0v) is 11.3. The number of imide groups is 1. The minimum absolute atomic E-state index is 0.0433. The van der Waals surface area contributed by atoms with Gasteiger partial charge in [0.25, 0.3) is 11.8 Å². The minimum Gasteiger partial charge on any atom is -0.333 e. The van der Waals surface area contributed by atoms with E-state index in [0.29, 0.717) is 11.5 Å². The average Bonchev–Trinajstić information content (AvgIpc) is 2.75. The Balaban J connectivity index is 0.000000194. The summed E-state index contributed by atoms with van der Waals surface area (Å²) < 4.78 is 12.0. The number of halogens is 1. The second-order valence-corrected chi connectivity index (χ2v) is 4.55. The summed E-state index contributed by atoms with van der Waals surface area (Å²) in [4.78, 5) is 37.1. The molecule has 0 aromatic heterocycles. The molecule has 0 unspecified atom stereocenters. The summed E-state index contributed by atoms with van der Waals surface area (Å²) in [6.07, 6.45) is 5.53. The van der Waals surface area contributed by atoms with Crippen molar-refractivity contribution in [3.8, 4) is 0 Å². The smallest absolute Gasteiger partial charge is 0.321 e. The summed E-state index contributed by atoms with van der Waals surface area (Å²) in [6, 6.07) is 6.27. The van der Waals surface area contributed by atoms with Crippen molar-refractivity contribution < 1.29 is 23.6 Å². The topological polar surface area (TPSA) is 63.7 Å². The first-order valence-corrected chi connectivity index (χ1v) is 6.58. The third-order valence-electron chi connectivity index (χ3n) is 3.14. The van der Waals surface area contributed by atoms with E-state index in [1.165, 1.54) is 18.6 Å². The second-order valence-electron chi connectivity index (χ2n) is 4.55. The van der Waals surface area contributed by atoms with E-state index in [1.807, 2.05) is 0 Å². The lowest BCUT2D eigenvalue weighted by atomic mass is 10.1. The van der Waals surface area contributed by atoms with Crippen LogP contribution in [0.5, 0.6) is 0 Å². The summed E-state index contributed by atoms with van der Waals surface area (Å²) in [7, 11) is 0. The third kappa shape index (κ3) is 3.34. The van der Waals surface area contributed by atoms with Crippen molar-refractivity contribution in [2.24, 2.45) is 0 Å². The molecule has 0 saturated carbocycles. The van der Waals surface area contributed by atoms with E-state index in [-0.39, 0.29) is 23.4 Å².